The Balaban J connectivity index is 1.40. The van der Waals surface area contributed by atoms with Crippen LogP contribution in [0.1, 0.15) is 28.7 Å². The number of amides is 2. The highest BCUT2D eigenvalue weighted by Crippen LogP contribution is 2.31. The Kier molecular flexibility index (Phi) is 5.99. The number of aryl methyl sites for hydroxylation is 4. The van der Waals surface area contributed by atoms with E-state index in [9.17, 15) is 9.59 Å². The number of carbonyl (C=O) groups is 2. The van der Waals surface area contributed by atoms with Gasteiger partial charge in [-0.15, -0.1) is 0 Å². The lowest BCUT2D eigenvalue weighted by molar-refractivity contribution is -0.122. The van der Waals surface area contributed by atoms with E-state index in [0.717, 1.165) is 22.6 Å². The van der Waals surface area contributed by atoms with Crippen molar-refractivity contribution in [2.24, 2.45) is 5.92 Å². The maximum absolute atomic E-state index is 12.8. The first kappa shape index (κ1) is 21.6. The van der Waals surface area contributed by atoms with Crippen molar-refractivity contribution in [1.82, 2.24) is 0 Å². The zero-order valence-electron chi connectivity index (χ0n) is 18.9. The molecule has 0 saturated carbocycles. The number of rotatable bonds is 5. The zero-order valence-corrected chi connectivity index (χ0v) is 18.9. The molecule has 0 aromatic heterocycles. The van der Waals surface area contributed by atoms with Crippen LogP contribution in [0.15, 0.2) is 60.7 Å². The molecule has 0 spiro atoms. The van der Waals surface area contributed by atoms with Crippen LogP contribution in [-0.4, -0.2) is 18.4 Å². The minimum absolute atomic E-state index is 0.0142. The lowest BCUT2D eigenvalue weighted by Gasteiger charge is -2.21. The molecule has 5 nitrogen and oxygen atoms in total. The quantitative estimate of drug-likeness (QED) is 0.567. The normalized spacial score (nSPS) is 15.7. The lowest BCUT2D eigenvalue weighted by atomic mass is 10.1. The van der Waals surface area contributed by atoms with Crippen LogP contribution >= 0.6 is 0 Å². The number of hydrogen-bond donors (Lipinski definition) is 1. The summed E-state index contributed by atoms with van der Waals surface area (Å²) in [6, 6.07) is 19.2. The monoisotopic (exact) mass is 428 g/mol. The van der Waals surface area contributed by atoms with Crippen LogP contribution < -0.4 is 15.0 Å². The summed E-state index contributed by atoms with van der Waals surface area (Å²) in [5.41, 5.74) is 6.07. The minimum Gasteiger partial charge on any atom is -0.457 e. The molecule has 0 unspecified atom stereocenters. The molecule has 0 bridgehead atoms. The fourth-order valence-corrected chi connectivity index (χ4v) is 4.09. The fraction of sp³-hybridized carbons (Fsp3) is 0.259. The molecular formula is C27H28N2O3. The molecular weight excluding hydrogens is 400 g/mol. The highest BCUT2D eigenvalue weighted by molar-refractivity contribution is 6.04. The Hall–Kier alpha value is -3.60. The van der Waals surface area contributed by atoms with Crippen molar-refractivity contribution >= 4 is 23.2 Å². The van der Waals surface area contributed by atoms with Crippen LogP contribution in [0, 0.1) is 33.6 Å². The number of para-hydroxylation sites is 1. The largest absolute Gasteiger partial charge is 0.457 e. The van der Waals surface area contributed by atoms with Gasteiger partial charge in [0.2, 0.25) is 11.8 Å². The average Bonchev–Trinajstić information content (AvgIpc) is 3.13. The van der Waals surface area contributed by atoms with Crippen molar-refractivity contribution in [2.45, 2.75) is 34.1 Å². The summed E-state index contributed by atoms with van der Waals surface area (Å²) in [6.07, 6.45) is 0.216. The van der Waals surface area contributed by atoms with Crippen molar-refractivity contribution < 1.29 is 14.3 Å². The first-order valence-corrected chi connectivity index (χ1v) is 10.8. The van der Waals surface area contributed by atoms with Crippen LogP contribution in [0.25, 0.3) is 0 Å². The molecule has 4 rings (SSSR count). The predicted molar refractivity (Wildman–Crippen MR) is 127 cm³/mol. The van der Waals surface area contributed by atoms with E-state index in [1.54, 1.807) is 4.90 Å². The number of hydrogen-bond acceptors (Lipinski definition) is 3. The van der Waals surface area contributed by atoms with Gasteiger partial charge in [0.05, 0.1) is 5.92 Å². The summed E-state index contributed by atoms with van der Waals surface area (Å²) >= 11 is 0. The van der Waals surface area contributed by atoms with Crippen molar-refractivity contribution in [3.05, 3.63) is 82.9 Å². The molecule has 1 aliphatic heterocycles. The Labute approximate surface area is 189 Å². The Morgan fingerprint density at radius 2 is 1.53 bits per heavy atom. The second-order valence-corrected chi connectivity index (χ2v) is 8.51. The summed E-state index contributed by atoms with van der Waals surface area (Å²) < 4.78 is 5.91. The van der Waals surface area contributed by atoms with E-state index in [0.29, 0.717) is 18.0 Å². The van der Waals surface area contributed by atoms with Gasteiger partial charge in [-0.3, -0.25) is 9.59 Å². The summed E-state index contributed by atoms with van der Waals surface area (Å²) in [4.78, 5) is 27.2. The molecule has 1 N–H and O–H groups in total. The maximum atomic E-state index is 12.8. The number of anilines is 2. The van der Waals surface area contributed by atoms with Crippen molar-refractivity contribution in [3.63, 3.8) is 0 Å². The fourth-order valence-electron chi connectivity index (χ4n) is 4.09. The predicted octanol–water partition coefficient (Wildman–Crippen LogP) is 5.70. The Morgan fingerprint density at radius 1 is 0.875 bits per heavy atom. The molecule has 1 atom stereocenters. The van der Waals surface area contributed by atoms with Gasteiger partial charge in [0.25, 0.3) is 0 Å². The van der Waals surface area contributed by atoms with Crippen molar-refractivity contribution in [1.29, 1.82) is 0 Å². The van der Waals surface area contributed by atoms with E-state index in [4.69, 9.17) is 4.74 Å². The van der Waals surface area contributed by atoms with E-state index in [1.165, 1.54) is 11.1 Å². The van der Waals surface area contributed by atoms with Crippen molar-refractivity contribution in [3.8, 4) is 11.5 Å². The second-order valence-electron chi connectivity index (χ2n) is 8.51. The number of nitrogens with one attached hydrogen (secondary N) is 1. The molecule has 1 fully saturated rings. The van der Waals surface area contributed by atoms with E-state index in [2.05, 4.69) is 19.2 Å². The summed E-state index contributed by atoms with van der Waals surface area (Å²) in [7, 11) is 0. The van der Waals surface area contributed by atoms with Gasteiger partial charge in [-0.2, -0.15) is 0 Å². The van der Waals surface area contributed by atoms with Gasteiger partial charge in [0.15, 0.2) is 0 Å². The van der Waals surface area contributed by atoms with Gasteiger partial charge in [0.1, 0.15) is 11.5 Å². The topological polar surface area (TPSA) is 58.6 Å². The SMILES string of the molecule is Cc1ccc(Oc2ccc(NC(=O)[C@@H]3CC(=O)N(c4c(C)cccc4C)C3)cc2)cc1C. The summed E-state index contributed by atoms with van der Waals surface area (Å²) in [5.74, 6) is 0.937. The molecule has 32 heavy (non-hydrogen) atoms. The van der Waals surface area contributed by atoms with E-state index in [-0.39, 0.29) is 24.2 Å². The van der Waals surface area contributed by atoms with Gasteiger partial charge in [0, 0.05) is 24.3 Å². The van der Waals surface area contributed by atoms with Gasteiger partial charge >= 0.3 is 0 Å². The summed E-state index contributed by atoms with van der Waals surface area (Å²) in [6.45, 7) is 8.49. The van der Waals surface area contributed by atoms with Gasteiger partial charge in [-0.1, -0.05) is 24.3 Å². The minimum atomic E-state index is -0.382. The standard InChI is InChI=1S/C27H28N2O3/c1-17-8-11-24(14-20(17)4)32-23-12-9-22(10-13-23)28-27(31)21-15-25(30)29(16-21)26-18(2)6-5-7-19(26)3/h5-14,21H,15-16H2,1-4H3,(H,28,31)/t21-/m1/s1. The second kappa shape index (κ2) is 8.87. The highest BCUT2D eigenvalue weighted by atomic mass is 16.5. The van der Waals surface area contributed by atoms with Crippen LogP contribution in [0.3, 0.4) is 0 Å². The van der Waals surface area contributed by atoms with E-state index in [1.807, 2.05) is 74.5 Å². The van der Waals surface area contributed by atoms with Crippen LogP contribution in [-0.2, 0) is 9.59 Å². The van der Waals surface area contributed by atoms with Gasteiger partial charge < -0.3 is 15.0 Å². The zero-order chi connectivity index (χ0) is 22.8. The highest BCUT2D eigenvalue weighted by Gasteiger charge is 2.36. The lowest BCUT2D eigenvalue weighted by Crippen LogP contribution is -2.29. The molecule has 0 radical (unpaired) electrons. The Bertz CT molecular complexity index is 1150. The maximum Gasteiger partial charge on any atom is 0.229 e. The molecule has 0 aliphatic carbocycles. The molecule has 1 aliphatic rings. The molecule has 3 aromatic rings. The first-order chi connectivity index (χ1) is 15.3. The molecule has 5 heteroatoms. The van der Waals surface area contributed by atoms with Gasteiger partial charge in [-0.25, -0.2) is 0 Å². The third-order valence-corrected chi connectivity index (χ3v) is 6.04. The number of ether oxygens (including phenoxy) is 1. The smallest absolute Gasteiger partial charge is 0.229 e. The van der Waals surface area contributed by atoms with Gasteiger partial charge in [-0.05, 0) is 86.3 Å². The molecule has 1 heterocycles. The number of benzene rings is 3. The van der Waals surface area contributed by atoms with E-state index >= 15 is 0 Å². The van der Waals surface area contributed by atoms with Crippen molar-refractivity contribution in [2.75, 3.05) is 16.8 Å². The van der Waals surface area contributed by atoms with Crippen LogP contribution in [0.2, 0.25) is 0 Å². The summed E-state index contributed by atoms with van der Waals surface area (Å²) in [5, 5.41) is 2.94. The third kappa shape index (κ3) is 4.52. The average molecular weight is 429 g/mol. The van der Waals surface area contributed by atoms with Crippen LogP contribution in [0.5, 0.6) is 11.5 Å². The number of carbonyl (C=O) groups excluding carboxylic acids is 2. The molecule has 1 saturated heterocycles. The van der Waals surface area contributed by atoms with E-state index < -0.39 is 0 Å². The first-order valence-electron chi connectivity index (χ1n) is 10.8. The number of nitrogens with zero attached hydrogens (tertiary/aromatic N) is 1. The molecule has 3 aromatic carbocycles. The molecule has 164 valence electrons. The molecule has 2 amide bonds. The Morgan fingerprint density at radius 3 is 2.19 bits per heavy atom. The third-order valence-electron chi connectivity index (χ3n) is 6.04. The van der Waals surface area contributed by atoms with Crippen LogP contribution in [0.4, 0.5) is 11.4 Å².